The first-order valence-electron chi connectivity index (χ1n) is 13.0. The minimum atomic E-state index is -0.586. The Morgan fingerprint density at radius 2 is 1.69 bits per heavy atom. The van der Waals surface area contributed by atoms with Crippen molar-refractivity contribution in [3.8, 4) is 0 Å². The molecule has 2 N–H and O–H groups in total. The Hall–Kier alpha value is -4.05. The molecule has 1 aliphatic heterocycles. The van der Waals surface area contributed by atoms with Crippen molar-refractivity contribution in [2.24, 2.45) is 0 Å². The van der Waals surface area contributed by atoms with Crippen molar-refractivity contribution in [1.82, 2.24) is 14.8 Å². The van der Waals surface area contributed by atoms with Crippen molar-refractivity contribution in [3.05, 3.63) is 89.1 Å². The maximum absolute atomic E-state index is 13.5. The van der Waals surface area contributed by atoms with Crippen LogP contribution in [0.1, 0.15) is 21.5 Å². The number of nitrogens with zero attached hydrogens (tertiary/aromatic N) is 4. The number of fused-ring (bicyclic) bond motifs is 1. The Bertz CT molecular complexity index is 1440. The van der Waals surface area contributed by atoms with Crippen LogP contribution in [0, 0.1) is 11.6 Å². The van der Waals surface area contributed by atoms with Crippen LogP contribution in [-0.4, -0.2) is 67.1 Å². The van der Waals surface area contributed by atoms with Gasteiger partial charge >= 0.3 is 0 Å². The second-order valence-corrected chi connectivity index (χ2v) is 9.78. The number of aromatic nitrogens is 2. The van der Waals surface area contributed by atoms with Crippen LogP contribution in [0.15, 0.2) is 60.8 Å². The summed E-state index contributed by atoms with van der Waals surface area (Å²) in [6.07, 6.45) is 2.76. The smallest absolute Gasteiger partial charge is 0.273 e. The number of aryl methyl sites for hydroxylation is 2. The van der Waals surface area contributed by atoms with E-state index < -0.39 is 18.3 Å². The lowest BCUT2D eigenvalue weighted by Crippen LogP contribution is -2.45. The third-order valence-corrected chi connectivity index (χ3v) is 6.97. The fourth-order valence-electron chi connectivity index (χ4n) is 4.95. The average Bonchev–Trinajstić information content (AvgIpc) is 3.32. The zero-order valence-electron chi connectivity index (χ0n) is 21.8. The van der Waals surface area contributed by atoms with Crippen LogP contribution in [0.5, 0.6) is 0 Å². The number of hydrogen-bond acceptors (Lipinski definition) is 5. The number of benzene rings is 3. The Kier molecular flexibility index (Phi) is 8.02. The van der Waals surface area contributed by atoms with Gasteiger partial charge in [0.2, 0.25) is 0 Å². The molecule has 0 radical (unpaired) electrons. The predicted molar refractivity (Wildman–Crippen MR) is 148 cm³/mol. The molecule has 4 aromatic rings. The van der Waals surface area contributed by atoms with Gasteiger partial charge in [0.1, 0.15) is 18.3 Å². The quantitative estimate of drug-likeness (QED) is 0.327. The zero-order valence-corrected chi connectivity index (χ0v) is 21.8. The van der Waals surface area contributed by atoms with Gasteiger partial charge in [-0.2, -0.15) is 9.89 Å². The largest absolute Gasteiger partial charge is 0.381 e. The van der Waals surface area contributed by atoms with E-state index in [0.29, 0.717) is 24.0 Å². The normalized spacial score (nSPS) is 14.1. The molecule has 0 spiro atoms. The van der Waals surface area contributed by atoms with Gasteiger partial charge in [-0.1, -0.05) is 12.1 Å². The van der Waals surface area contributed by atoms with Crippen molar-refractivity contribution < 1.29 is 18.0 Å². The van der Waals surface area contributed by atoms with Gasteiger partial charge in [-0.3, -0.25) is 4.79 Å². The van der Waals surface area contributed by atoms with Gasteiger partial charge in [0, 0.05) is 44.2 Å². The van der Waals surface area contributed by atoms with Crippen molar-refractivity contribution in [2.75, 3.05) is 62.1 Å². The molecule has 5 rings (SSSR count). The van der Waals surface area contributed by atoms with Crippen molar-refractivity contribution in [2.45, 2.75) is 12.8 Å². The van der Waals surface area contributed by atoms with Gasteiger partial charge in [0.25, 0.3) is 5.91 Å². The van der Waals surface area contributed by atoms with E-state index in [2.05, 4.69) is 32.7 Å². The number of rotatable bonds is 9. The highest BCUT2D eigenvalue weighted by Crippen LogP contribution is 2.31. The van der Waals surface area contributed by atoms with Crippen molar-refractivity contribution >= 4 is 28.2 Å². The van der Waals surface area contributed by atoms with Crippen LogP contribution < -0.4 is 15.6 Å². The van der Waals surface area contributed by atoms with Crippen LogP contribution in [0.4, 0.5) is 24.5 Å². The van der Waals surface area contributed by atoms with Crippen LogP contribution >= 0.6 is 0 Å². The molecule has 0 aliphatic carbocycles. The second kappa shape index (κ2) is 11.8. The molecule has 0 unspecified atom stereocenters. The van der Waals surface area contributed by atoms with Crippen LogP contribution in [0.25, 0.3) is 10.9 Å². The molecule has 39 heavy (non-hydrogen) atoms. The lowest BCUT2D eigenvalue weighted by atomic mass is 10.0. The molecule has 1 fully saturated rings. The summed E-state index contributed by atoms with van der Waals surface area (Å²) in [5, 5.41) is 8.31. The number of amides is 1. The van der Waals surface area contributed by atoms with E-state index in [1.54, 1.807) is 18.3 Å². The predicted octanol–water partition coefficient (Wildman–Crippen LogP) is 4.62. The van der Waals surface area contributed by atoms with Gasteiger partial charge in [-0.05, 0) is 67.4 Å². The molecule has 0 atom stereocenters. The van der Waals surface area contributed by atoms with Gasteiger partial charge < -0.3 is 15.1 Å². The van der Waals surface area contributed by atoms with E-state index in [9.17, 15) is 18.0 Å². The molecular weight excluding hydrogens is 505 g/mol. The van der Waals surface area contributed by atoms with Crippen LogP contribution in [0.2, 0.25) is 0 Å². The molecule has 1 aliphatic rings. The number of anilines is 2. The number of hydrogen-bond donors (Lipinski definition) is 2. The van der Waals surface area contributed by atoms with Gasteiger partial charge in [-0.25, -0.2) is 18.6 Å². The number of likely N-dealkylation sites (N-methyl/N-ethyl adjacent to an activating group) is 1. The molecule has 3 aromatic carbocycles. The van der Waals surface area contributed by atoms with Crippen LogP contribution in [0.3, 0.4) is 0 Å². The summed E-state index contributed by atoms with van der Waals surface area (Å²) in [5.74, 6) is -1.50. The molecular formula is C29H31F3N6O. The topological polar surface area (TPSA) is 65.4 Å². The molecule has 10 heteroatoms. The Labute approximate surface area is 225 Å². The van der Waals surface area contributed by atoms with Gasteiger partial charge in [0.05, 0.1) is 28.7 Å². The highest BCUT2D eigenvalue weighted by molar-refractivity contribution is 6.07. The monoisotopic (exact) mass is 536 g/mol. The number of carbonyl (C=O) groups is 1. The molecule has 0 saturated carbocycles. The summed E-state index contributed by atoms with van der Waals surface area (Å²) in [6, 6.07) is 14.7. The number of halogens is 3. The van der Waals surface area contributed by atoms with E-state index in [4.69, 9.17) is 0 Å². The summed E-state index contributed by atoms with van der Waals surface area (Å²) in [6.45, 7) is 2.87. The summed E-state index contributed by atoms with van der Waals surface area (Å²) < 4.78 is 40.0. The lowest BCUT2D eigenvalue weighted by molar-refractivity contribution is 0.101. The average molecular weight is 537 g/mol. The zero-order chi connectivity index (χ0) is 27.4. The molecule has 0 bridgehead atoms. The number of alkyl halides is 1. The Balaban J connectivity index is 1.35. The fourth-order valence-corrected chi connectivity index (χ4v) is 4.95. The number of nitrogens with one attached hydrogen (secondary N) is 2. The van der Waals surface area contributed by atoms with E-state index in [1.807, 2.05) is 24.3 Å². The van der Waals surface area contributed by atoms with Crippen molar-refractivity contribution in [1.29, 1.82) is 0 Å². The van der Waals surface area contributed by atoms with E-state index in [1.165, 1.54) is 16.9 Å². The van der Waals surface area contributed by atoms with Gasteiger partial charge in [-0.15, -0.1) is 0 Å². The first kappa shape index (κ1) is 26.6. The molecule has 1 amide bonds. The number of carbonyl (C=O) groups excluding carboxylic acids is 1. The standard InChI is InChI=1S/C29H31F3N6O/c1-36-11-13-37(14-12-36)28-25(3-2-4-26(28)33-10-9-30)29(39)35-38-27-8-7-20(15-22(27)19-34-38)5-6-21-16-23(31)18-24(32)17-21/h2-4,7-8,15-19,33H,5-6,9-14H2,1H3,(H,35,39). The minimum Gasteiger partial charge on any atom is -0.381 e. The third-order valence-electron chi connectivity index (χ3n) is 6.97. The SMILES string of the molecule is CN1CCN(c2c(NCCF)cccc2C(=O)Nn2ncc3cc(CCc4cc(F)cc(F)c4)ccc32)CC1. The second-order valence-electron chi connectivity index (χ2n) is 9.78. The minimum absolute atomic E-state index is 0.159. The number of piperazine rings is 1. The molecule has 7 nitrogen and oxygen atoms in total. The maximum Gasteiger partial charge on any atom is 0.273 e. The highest BCUT2D eigenvalue weighted by Gasteiger charge is 2.24. The summed E-state index contributed by atoms with van der Waals surface area (Å²) >= 11 is 0. The first-order chi connectivity index (χ1) is 18.9. The molecule has 204 valence electrons. The summed E-state index contributed by atoms with van der Waals surface area (Å²) in [4.78, 5) is 19.4. The Morgan fingerprint density at radius 1 is 0.949 bits per heavy atom. The fraction of sp³-hybridized carbons (Fsp3) is 0.310. The highest BCUT2D eigenvalue weighted by atomic mass is 19.1. The molecule has 1 aromatic heterocycles. The van der Waals surface area contributed by atoms with E-state index in [-0.39, 0.29) is 12.5 Å². The molecule has 2 heterocycles. The lowest BCUT2D eigenvalue weighted by Gasteiger charge is -2.36. The summed E-state index contributed by atoms with van der Waals surface area (Å²) in [7, 11) is 2.06. The summed E-state index contributed by atoms with van der Waals surface area (Å²) in [5.41, 5.74) is 7.14. The third kappa shape index (κ3) is 6.17. The van der Waals surface area contributed by atoms with Gasteiger partial charge in [0.15, 0.2) is 0 Å². The van der Waals surface area contributed by atoms with E-state index >= 15 is 0 Å². The molecule has 1 saturated heterocycles. The Morgan fingerprint density at radius 3 is 2.44 bits per heavy atom. The first-order valence-corrected chi connectivity index (χ1v) is 13.0. The number of para-hydroxylation sites is 1. The van der Waals surface area contributed by atoms with Crippen molar-refractivity contribution in [3.63, 3.8) is 0 Å². The van der Waals surface area contributed by atoms with E-state index in [0.717, 1.165) is 60.1 Å². The van der Waals surface area contributed by atoms with Crippen LogP contribution in [-0.2, 0) is 12.8 Å². The maximum atomic E-state index is 13.5.